The molecule has 4 nitrogen and oxygen atoms in total. The van der Waals surface area contributed by atoms with Crippen LogP contribution in [0.15, 0.2) is 33.7 Å². The van der Waals surface area contributed by atoms with Crippen LogP contribution in [-0.2, 0) is 21.0 Å². The summed E-state index contributed by atoms with van der Waals surface area (Å²) in [5, 5.41) is 3.88. The Balaban J connectivity index is 2.29. The molecule has 0 saturated heterocycles. The van der Waals surface area contributed by atoms with Gasteiger partial charge in [-0.05, 0) is 37.1 Å². The Morgan fingerprint density at radius 1 is 1.10 bits per heavy atom. The van der Waals surface area contributed by atoms with Crippen molar-refractivity contribution < 1.29 is 12.9 Å². The summed E-state index contributed by atoms with van der Waals surface area (Å²) in [6.45, 7) is 9.85. The fraction of sp³-hybridized carbons (Fsp3) is 0.438. The molecule has 0 fully saturated rings. The monoisotopic (exact) mass is 307 g/mol. The molecule has 1 aromatic carbocycles. The minimum absolute atomic E-state index is 0.144. The maximum Gasteiger partial charge on any atom is 0.184 e. The Bertz CT molecular complexity index is 752. The Morgan fingerprint density at radius 2 is 1.76 bits per heavy atom. The van der Waals surface area contributed by atoms with E-state index in [4.69, 9.17) is 4.52 Å². The number of benzene rings is 1. The second-order valence-corrected chi connectivity index (χ2v) is 8.43. The molecule has 0 N–H and O–H groups in total. The summed E-state index contributed by atoms with van der Waals surface area (Å²) in [4.78, 5) is 0.325. The van der Waals surface area contributed by atoms with Gasteiger partial charge in [0.1, 0.15) is 11.5 Å². The first-order chi connectivity index (χ1) is 9.59. The van der Waals surface area contributed by atoms with Gasteiger partial charge in [-0.2, -0.15) is 0 Å². The summed E-state index contributed by atoms with van der Waals surface area (Å²) >= 11 is 0. The van der Waals surface area contributed by atoms with E-state index in [1.165, 1.54) is 0 Å². The van der Waals surface area contributed by atoms with Crippen LogP contribution in [0.1, 0.15) is 43.4 Å². The Hall–Kier alpha value is -1.62. The molecule has 21 heavy (non-hydrogen) atoms. The van der Waals surface area contributed by atoms with Gasteiger partial charge in [0.15, 0.2) is 9.84 Å². The first-order valence-electron chi connectivity index (χ1n) is 6.86. The smallest absolute Gasteiger partial charge is 0.184 e. The second-order valence-electron chi connectivity index (χ2n) is 6.44. The third kappa shape index (κ3) is 3.53. The third-order valence-electron chi connectivity index (χ3n) is 3.47. The third-order valence-corrected chi connectivity index (χ3v) is 5.12. The molecule has 0 saturated carbocycles. The summed E-state index contributed by atoms with van der Waals surface area (Å²) in [5.74, 6) is 0.544. The van der Waals surface area contributed by atoms with Gasteiger partial charge >= 0.3 is 0 Å². The van der Waals surface area contributed by atoms with Crippen molar-refractivity contribution in [3.63, 3.8) is 0 Å². The van der Waals surface area contributed by atoms with E-state index in [0.717, 1.165) is 11.1 Å². The van der Waals surface area contributed by atoms with Crippen LogP contribution >= 0.6 is 0 Å². The van der Waals surface area contributed by atoms with Crippen LogP contribution < -0.4 is 0 Å². The molecule has 2 aromatic rings. The molecule has 5 heteroatoms. The molecule has 0 bridgehead atoms. The van der Waals surface area contributed by atoms with Crippen LogP contribution in [0.4, 0.5) is 0 Å². The lowest BCUT2D eigenvalue weighted by molar-refractivity contribution is 0.326. The molecule has 0 unspecified atom stereocenters. The molecule has 2 rings (SSSR count). The van der Waals surface area contributed by atoms with Crippen LogP contribution in [0.5, 0.6) is 0 Å². The number of hydrogen-bond donors (Lipinski definition) is 0. The zero-order chi connectivity index (χ0) is 15.8. The van der Waals surface area contributed by atoms with Gasteiger partial charge < -0.3 is 4.52 Å². The van der Waals surface area contributed by atoms with E-state index >= 15 is 0 Å². The number of nitrogens with zero attached hydrogens (tertiary/aromatic N) is 1. The average molecular weight is 307 g/mol. The second kappa shape index (κ2) is 5.30. The molecule has 1 aromatic heterocycles. The molecule has 0 amide bonds. The van der Waals surface area contributed by atoms with Crippen LogP contribution in [0.2, 0.25) is 0 Å². The summed E-state index contributed by atoms with van der Waals surface area (Å²) in [5.41, 5.74) is 2.30. The van der Waals surface area contributed by atoms with Crippen molar-refractivity contribution in [1.29, 1.82) is 0 Å². The van der Waals surface area contributed by atoms with Gasteiger partial charge in [-0.3, -0.25) is 0 Å². The van der Waals surface area contributed by atoms with Crippen LogP contribution in [0.3, 0.4) is 0 Å². The predicted molar refractivity (Wildman–Crippen MR) is 82.0 cm³/mol. The van der Waals surface area contributed by atoms with Crippen molar-refractivity contribution in [2.45, 2.75) is 50.7 Å². The number of aryl methyl sites for hydroxylation is 2. The predicted octanol–water partition coefficient (Wildman–Crippen LogP) is 3.56. The van der Waals surface area contributed by atoms with Gasteiger partial charge in [0.25, 0.3) is 0 Å². The molecular formula is C16H21NO3S. The van der Waals surface area contributed by atoms with Crippen molar-refractivity contribution >= 4 is 9.84 Å². The lowest BCUT2D eigenvalue weighted by Gasteiger charge is -2.12. The largest absolute Gasteiger partial charge is 0.361 e. The lowest BCUT2D eigenvalue weighted by atomic mass is 9.93. The molecule has 114 valence electrons. The molecular weight excluding hydrogens is 286 g/mol. The Morgan fingerprint density at radius 3 is 2.29 bits per heavy atom. The highest BCUT2D eigenvalue weighted by atomic mass is 32.2. The number of aromatic nitrogens is 1. The Labute approximate surface area is 126 Å². The molecule has 0 atom stereocenters. The van der Waals surface area contributed by atoms with E-state index in [1.54, 1.807) is 18.2 Å². The van der Waals surface area contributed by atoms with Crippen LogP contribution in [-0.4, -0.2) is 13.6 Å². The minimum atomic E-state index is -3.41. The van der Waals surface area contributed by atoms with Gasteiger partial charge in [0, 0.05) is 11.5 Å². The summed E-state index contributed by atoms with van der Waals surface area (Å²) in [6, 6.07) is 6.89. The maximum atomic E-state index is 12.4. The highest BCUT2D eigenvalue weighted by Crippen LogP contribution is 2.25. The highest BCUT2D eigenvalue weighted by Gasteiger charge is 2.23. The zero-order valence-corrected chi connectivity index (χ0v) is 13.9. The van der Waals surface area contributed by atoms with E-state index < -0.39 is 9.84 Å². The van der Waals surface area contributed by atoms with E-state index in [1.807, 2.05) is 40.7 Å². The number of rotatable bonds is 3. The molecule has 1 heterocycles. The zero-order valence-electron chi connectivity index (χ0n) is 13.1. The molecule has 0 aliphatic carbocycles. The first-order valence-corrected chi connectivity index (χ1v) is 8.51. The number of hydrogen-bond acceptors (Lipinski definition) is 4. The van der Waals surface area contributed by atoms with Gasteiger partial charge in [0.2, 0.25) is 0 Å². The first kappa shape index (κ1) is 15.8. The minimum Gasteiger partial charge on any atom is -0.361 e. The standard InChI is InChI=1S/C16H21NO3S/c1-11-6-7-14(8-12(11)2)21(18,19)10-13-9-15(20-17-13)16(3,4)5/h6-9H,10H2,1-5H3. The Kier molecular flexibility index (Phi) is 3.97. The molecule has 0 aliphatic heterocycles. The van der Waals surface area contributed by atoms with Crippen LogP contribution in [0.25, 0.3) is 0 Å². The normalized spacial score (nSPS) is 12.6. The van der Waals surface area contributed by atoms with Gasteiger partial charge in [-0.1, -0.05) is 32.0 Å². The van der Waals surface area contributed by atoms with E-state index in [0.29, 0.717) is 16.3 Å². The van der Waals surface area contributed by atoms with Crippen molar-refractivity contribution in [2.24, 2.45) is 0 Å². The van der Waals surface area contributed by atoms with Crippen LogP contribution in [0, 0.1) is 13.8 Å². The molecule has 0 radical (unpaired) electrons. The van der Waals surface area contributed by atoms with E-state index in [-0.39, 0.29) is 11.2 Å². The van der Waals surface area contributed by atoms with Gasteiger partial charge in [0.05, 0.1) is 10.6 Å². The summed E-state index contributed by atoms with van der Waals surface area (Å²) in [7, 11) is -3.41. The summed E-state index contributed by atoms with van der Waals surface area (Å²) in [6.07, 6.45) is 0. The van der Waals surface area contributed by atoms with Crippen molar-refractivity contribution in [1.82, 2.24) is 5.16 Å². The van der Waals surface area contributed by atoms with Crippen molar-refractivity contribution in [3.8, 4) is 0 Å². The van der Waals surface area contributed by atoms with E-state index in [9.17, 15) is 8.42 Å². The number of sulfone groups is 1. The van der Waals surface area contributed by atoms with Gasteiger partial charge in [-0.15, -0.1) is 0 Å². The lowest BCUT2D eigenvalue weighted by Crippen LogP contribution is -2.09. The fourth-order valence-electron chi connectivity index (χ4n) is 1.92. The highest BCUT2D eigenvalue weighted by molar-refractivity contribution is 7.90. The van der Waals surface area contributed by atoms with Gasteiger partial charge in [-0.25, -0.2) is 8.42 Å². The molecule has 0 aliphatic rings. The quantitative estimate of drug-likeness (QED) is 0.870. The maximum absolute atomic E-state index is 12.4. The molecule has 0 spiro atoms. The van der Waals surface area contributed by atoms with Crippen molar-refractivity contribution in [3.05, 3.63) is 46.8 Å². The SMILES string of the molecule is Cc1ccc(S(=O)(=O)Cc2cc(C(C)(C)C)on2)cc1C. The fourth-order valence-corrected chi connectivity index (χ4v) is 3.24. The van der Waals surface area contributed by atoms with Crippen molar-refractivity contribution in [2.75, 3.05) is 0 Å². The van der Waals surface area contributed by atoms with E-state index in [2.05, 4.69) is 5.16 Å². The topological polar surface area (TPSA) is 60.2 Å². The summed E-state index contributed by atoms with van der Waals surface area (Å²) < 4.78 is 30.1. The average Bonchev–Trinajstić information content (AvgIpc) is 2.80.